The van der Waals surface area contributed by atoms with E-state index in [1.165, 1.54) is 4.88 Å². The van der Waals surface area contributed by atoms with Crippen LogP contribution in [0.5, 0.6) is 0 Å². The predicted molar refractivity (Wildman–Crippen MR) is 86.3 cm³/mol. The second-order valence-corrected chi connectivity index (χ2v) is 7.09. The summed E-state index contributed by atoms with van der Waals surface area (Å²) in [5, 5.41) is 2.12. The first kappa shape index (κ1) is 13.9. The van der Waals surface area contributed by atoms with Crippen molar-refractivity contribution < 1.29 is 4.79 Å². The lowest BCUT2D eigenvalue weighted by Crippen LogP contribution is -2.36. The highest BCUT2D eigenvalue weighted by Gasteiger charge is 2.46. The molecule has 2 atom stereocenters. The van der Waals surface area contributed by atoms with Crippen molar-refractivity contribution in [3.8, 4) is 0 Å². The molecule has 2 aliphatic rings. The van der Waals surface area contributed by atoms with E-state index in [2.05, 4.69) is 32.3 Å². The van der Waals surface area contributed by atoms with E-state index in [1.54, 1.807) is 17.5 Å². The molecule has 4 nitrogen and oxygen atoms in total. The minimum absolute atomic E-state index is 0.287. The van der Waals surface area contributed by atoms with Gasteiger partial charge in [0.1, 0.15) is 0 Å². The first-order valence-corrected chi connectivity index (χ1v) is 8.64. The van der Waals surface area contributed by atoms with E-state index in [4.69, 9.17) is 0 Å². The van der Waals surface area contributed by atoms with E-state index < -0.39 is 0 Å². The minimum Gasteiger partial charge on any atom is -0.334 e. The highest BCUT2D eigenvalue weighted by Crippen LogP contribution is 2.34. The molecular weight excluding hydrogens is 294 g/mol. The van der Waals surface area contributed by atoms with E-state index in [0.717, 1.165) is 25.1 Å². The number of carbonyl (C=O) groups is 1. The van der Waals surface area contributed by atoms with Gasteiger partial charge in [0.25, 0.3) is 0 Å². The van der Waals surface area contributed by atoms with E-state index in [-0.39, 0.29) is 5.91 Å². The molecular formula is C17H19N3OS. The SMILES string of the molecule is O=C1CC2C(CCN2Cc2cccs2)N1Cc1cccnc1. The Labute approximate surface area is 134 Å². The lowest BCUT2D eigenvalue weighted by molar-refractivity contribution is -0.129. The summed E-state index contributed by atoms with van der Waals surface area (Å²) >= 11 is 1.80. The van der Waals surface area contributed by atoms with Crippen molar-refractivity contribution >= 4 is 17.2 Å². The number of carbonyl (C=O) groups excluding carboxylic acids is 1. The summed E-state index contributed by atoms with van der Waals surface area (Å²) in [6.45, 7) is 2.76. The average molecular weight is 313 g/mol. The van der Waals surface area contributed by atoms with Gasteiger partial charge in [-0.15, -0.1) is 11.3 Å². The van der Waals surface area contributed by atoms with Gasteiger partial charge in [-0.2, -0.15) is 0 Å². The van der Waals surface area contributed by atoms with Crippen LogP contribution in [0, 0.1) is 0 Å². The molecule has 2 aliphatic heterocycles. The number of likely N-dealkylation sites (tertiary alicyclic amines) is 2. The molecule has 5 heteroatoms. The molecule has 22 heavy (non-hydrogen) atoms. The summed E-state index contributed by atoms with van der Waals surface area (Å²) in [5.41, 5.74) is 1.12. The average Bonchev–Trinajstić information content (AvgIpc) is 3.23. The van der Waals surface area contributed by atoms with Crippen molar-refractivity contribution in [3.63, 3.8) is 0 Å². The maximum atomic E-state index is 12.4. The molecule has 2 saturated heterocycles. The van der Waals surface area contributed by atoms with Crippen LogP contribution in [0.3, 0.4) is 0 Å². The minimum atomic E-state index is 0.287. The maximum Gasteiger partial charge on any atom is 0.224 e. The molecule has 2 unspecified atom stereocenters. The zero-order chi connectivity index (χ0) is 14.9. The van der Waals surface area contributed by atoms with Crippen LogP contribution < -0.4 is 0 Å². The van der Waals surface area contributed by atoms with Crippen molar-refractivity contribution in [2.45, 2.75) is 38.0 Å². The Hall–Kier alpha value is -1.72. The van der Waals surface area contributed by atoms with E-state index in [0.29, 0.717) is 25.0 Å². The van der Waals surface area contributed by atoms with Gasteiger partial charge in [0.2, 0.25) is 5.91 Å². The van der Waals surface area contributed by atoms with Crippen molar-refractivity contribution in [3.05, 3.63) is 52.5 Å². The van der Waals surface area contributed by atoms with Crippen molar-refractivity contribution in [2.75, 3.05) is 6.54 Å². The molecule has 1 amide bonds. The molecule has 2 aromatic rings. The third-order valence-electron chi connectivity index (χ3n) is 4.74. The van der Waals surface area contributed by atoms with Crippen LogP contribution in [0.15, 0.2) is 42.0 Å². The van der Waals surface area contributed by atoms with Crippen molar-refractivity contribution in [1.29, 1.82) is 0 Å². The molecule has 0 saturated carbocycles. The topological polar surface area (TPSA) is 36.4 Å². The summed E-state index contributed by atoms with van der Waals surface area (Å²) in [6.07, 6.45) is 5.38. The highest BCUT2D eigenvalue weighted by molar-refractivity contribution is 7.09. The van der Waals surface area contributed by atoms with Crippen LogP contribution >= 0.6 is 11.3 Å². The second kappa shape index (κ2) is 5.82. The van der Waals surface area contributed by atoms with Gasteiger partial charge in [-0.3, -0.25) is 14.7 Å². The quantitative estimate of drug-likeness (QED) is 0.870. The predicted octanol–water partition coefficient (Wildman–Crippen LogP) is 2.52. The fourth-order valence-corrected chi connectivity index (χ4v) is 4.43. The molecule has 0 radical (unpaired) electrons. The monoisotopic (exact) mass is 313 g/mol. The number of pyridine rings is 1. The maximum absolute atomic E-state index is 12.4. The van der Waals surface area contributed by atoms with Crippen LogP contribution in [0.25, 0.3) is 0 Å². The van der Waals surface area contributed by atoms with Crippen molar-refractivity contribution in [2.24, 2.45) is 0 Å². The van der Waals surface area contributed by atoms with Crippen LogP contribution in [0.4, 0.5) is 0 Å². The van der Waals surface area contributed by atoms with Crippen LogP contribution in [0.1, 0.15) is 23.3 Å². The summed E-state index contributed by atoms with van der Waals surface area (Å²) in [5.74, 6) is 0.287. The number of hydrogen-bond acceptors (Lipinski definition) is 4. The summed E-state index contributed by atoms with van der Waals surface area (Å²) in [4.78, 5) is 22.5. The zero-order valence-corrected chi connectivity index (χ0v) is 13.2. The molecule has 0 bridgehead atoms. The number of aromatic nitrogens is 1. The van der Waals surface area contributed by atoms with Gasteiger partial charge in [0.05, 0.1) is 0 Å². The number of nitrogens with zero attached hydrogens (tertiary/aromatic N) is 3. The molecule has 0 N–H and O–H groups in total. The Morgan fingerprint density at radius 1 is 1.23 bits per heavy atom. The summed E-state index contributed by atoms with van der Waals surface area (Å²) in [6, 6.07) is 9.01. The molecule has 0 aromatic carbocycles. The molecule has 4 heterocycles. The summed E-state index contributed by atoms with van der Waals surface area (Å²) in [7, 11) is 0. The summed E-state index contributed by atoms with van der Waals surface area (Å²) < 4.78 is 0. The Kier molecular flexibility index (Phi) is 3.68. The Bertz CT molecular complexity index is 643. The first-order valence-electron chi connectivity index (χ1n) is 7.76. The standard InChI is InChI=1S/C17H19N3OS/c21-17-9-16-15(20(17)11-13-3-1-6-18-10-13)5-7-19(16)12-14-4-2-8-22-14/h1-4,6,8,10,15-16H,5,7,9,11-12H2. The third-order valence-corrected chi connectivity index (χ3v) is 5.61. The highest BCUT2D eigenvalue weighted by atomic mass is 32.1. The zero-order valence-electron chi connectivity index (χ0n) is 12.4. The molecule has 2 aromatic heterocycles. The normalized spacial score (nSPS) is 24.9. The Morgan fingerprint density at radius 2 is 2.18 bits per heavy atom. The van der Waals surface area contributed by atoms with E-state index in [1.807, 2.05) is 18.3 Å². The lowest BCUT2D eigenvalue weighted by Gasteiger charge is -2.25. The Balaban J connectivity index is 1.47. The number of amides is 1. The molecule has 0 aliphatic carbocycles. The van der Waals surface area contributed by atoms with Gasteiger partial charge >= 0.3 is 0 Å². The number of fused-ring (bicyclic) bond motifs is 1. The molecule has 2 fully saturated rings. The van der Waals surface area contributed by atoms with Crippen LogP contribution in [0.2, 0.25) is 0 Å². The van der Waals surface area contributed by atoms with Gasteiger partial charge < -0.3 is 4.90 Å². The van der Waals surface area contributed by atoms with E-state index >= 15 is 0 Å². The molecule has 114 valence electrons. The smallest absolute Gasteiger partial charge is 0.224 e. The molecule has 4 rings (SSSR count). The number of rotatable bonds is 4. The van der Waals surface area contributed by atoms with Crippen molar-refractivity contribution in [1.82, 2.24) is 14.8 Å². The molecule has 0 spiro atoms. The van der Waals surface area contributed by atoms with Gasteiger partial charge in [0, 0.05) is 55.4 Å². The van der Waals surface area contributed by atoms with Gasteiger partial charge in [-0.05, 0) is 29.5 Å². The largest absolute Gasteiger partial charge is 0.334 e. The fraction of sp³-hybridized carbons (Fsp3) is 0.412. The van der Waals surface area contributed by atoms with Crippen LogP contribution in [-0.2, 0) is 17.9 Å². The fourth-order valence-electron chi connectivity index (χ4n) is 3.70. The lowest BCUT2D eigenvalue weighted by atomic mass is 10.1. The Morgan fingerprint density at radius 3 is 2.95 bits per heavy atom. The number of thiophene rings is 1. The third kappa shape index (κ3) is 2.55. The van der Waals surface area contributed by atoms with Gasteiger partial charge in [0.15, 0.2) is 0 Å². The number of hydrogen-bond donors (Lipinski definition) is 0. The van der Waals surface area contributed by atoms with Gasteiger partial charge in [-0.1, -0.05) is 12.1 Å². The second-order valence-electron chi connectivity index (χ2n) is 6.06. The van der Waals surface area contributed by atoms with Gasteiger partial charge in [-0.25, -0.2) is 0 Å². The van der Waals surface area contributed by atoms with E-state index in [9.17, 15) is 4.79 Å². The first-order chi connectivity index (χ1) is 10.8. The van der Waals surface area contributed by atoms with Crippen LogP contribution in [-0.4, -0.2) is 39.3 Å².